The maximum Gasteiger partial charge on any atom is 0.224 e. The number of rotatable bonds is 7. The minimum atomic E-state index is 0.130. The minimum Gasteiger partial charge on any atom is -0.378 e. The van der Waals surface area contributed by atoms with Gasteiger partial charge in [-0.1, -0.05) is 30.3 Å². The summed E-state index contributed by atoms with van der Waals surface area (Å²) in [6.45, 7) is 5.72. The van der Waals surface area contributed by atoms with E-state index in [1.165, 1.54) is 15.3 Å². The third-order valence-electron chi connectivity index (χ3n) is 4.43. The van der Waals surface area contributed by atoms with Gasteiger partial charge in [-0.05, 0) is 31.0 Å². The molecule has 2 aromatic rings. The molecule has 1 saturated heterocycles. The highest BCUT2D eigenvalue weighted by atomic mass is 32.1. The monoisotopic (exact) mass is 358 g/mol. The molecular weight excluding hydrogens is 332 g/mol. The number of hydrogen-bond acceptors (Lipinski definition) is 4. The Morgan fingerprint density at radius 3 is 2.80 bits per heavy atom. The fourth-order valence-electron chi connectivity index (χ4n) is 3.05. The Kier molecular flexibility index (Phi) is 6.62. The van der Waals surface area contributed by atoms with E-state index in [9.17, 15) is 4.79 Å². The lowest BCUT2D eigenvalue weighted by Crippen LogP contribution is -2.45. The normalized spacial score (nSPS) is 17.4. The minimum absolute atomic E-state index is 0.130. The van der Waals surface area contributed by atoms with Crippen LogP contribution < -0.4 is 5.32 Å². The Labute approximate surface area is 153 Å². The van der Waals surface area contributed by atoms with Crippen LogP contribution >= 0.6 is 11.3 Å². The zero-order valence-corrected chi connectivity index (χ0v) is 15.6. The molecule has 0 aliphatic carbocycles. The second-order valence-corrected chi connectivity index (χ2v) is 7.87. The molecule has 1 amide bonds. The van der Waals surface area contributed by atoms with Gasteiger partial charge in [0.25, 0.3) is 0 Å². The molecule has 2 heterocycles. The summed E-state index contributed by atoms with van der Waals surface area (Å²) in [7, 11) is 0. The van der Waals surface area contributed by atoms with E-state index in [1.807, 2.05) is 23.1 Å². The predicted molar refractivity (Wildman–Crippen MR) is 102 cm³/mol. The van der Waals surface area contributed by atoms with E-state index >= 15 is 0 Å². The van der Waals surface area contributed by atoms with Gasteiger partial charge in [0.15, 0.2) is 0 Å². The molecular formula is C20H26N2O2S. The number of ether oxygens (including phenoxy) is 1. The third kappa shape index (κ3) is 5.66. The van der Waals surface area contributed by atoms with Gasteiger partial charge < -0.3 is 15.0 Å². The number of benzene rings is 1. The van der Waals surface area contributed by atoms with Crippen LogP contribution in [0, 0.1) is 6.92 Å². The van der Waals surface area contributed by atoms with Crippen molar-refractivity contribution >= 4 is 17.2 Å². The second kappa shape index (κ2) is 9.13. The molecule has 1 aromatic carbocycles. The number of thiophene rings is 1. The number of carbonyl (C=O) groups excluding carboxylic acids is 1. The maximum atomic E-state index is 12.9. The average molecular weight is 359 g/mol. The predicted octanol–water partition coefficient (Wildman–Crippen LogP) is 3.01. The molecule has 5 heteroatoms. The van der Waals surface area contributed by atoms with Crippen molar-refractivity contribution in [3.8, 4) is 0 Å². The molecule has 134 valence electrons. The third-order valence-corrected chi connectivity index (χ3v) is 5.41. The van der Waals surface area contributed by atoms with E-state index in [1.54, 1.807) is 11.3 Å². The SMILES string of the molecule is Cc1ccc(CN(CCc2ccccc2)C(=O)CC2COCCN2)s1. The number of amides is 1. The molecule has 0 saturated carbocycles. The lowest BCUT2D eigenvalue weighted by molar-refractivity contribution is -0.133. The highest BCUT2D eigenvalue weighted by molar-refractivity contribution is 7.11. The van der Waals surface area contributed by atoms with Crippen LogP contribution in [-0.4, -0.2) is 43.2 Å². The first-order valence-electron chi connectivity index (χ1n) is 8.89. The van der Waals surface area contributed by atoms with Crippen LogP contribution in [0.1, 0.15) is 21.7 Å². The van der Waals surface area contributed by atoms with Crippen LogP contribution in [0.25, 0.3) is 0 Å². The fraction of sp³-hybridized carbons (Fsp3) is 0.450. The summed E-state index contributed by atoms with van der Waals surface area (Å²) < 4.78 is 5.48. The Hall–Kier alpha value is -1.69. The Morgan fingerprint density at radius 2 is 2.12 bits per heavy atom. The number of nitrogens with zero attached hydrogens (tertiary/aromatic N) is 1. The van der Waals surface area contributed by atoms with Crippen molar-refractivity contribution in [2.45, 2.75) is 32.4 Å². The first-order chi connectivity index (χ1) is 12.2. The van der Waals surface area contributed by atoms with Crippen LogP contribution in [-0.2, 0) is 22.5 Å². The van der Waals surface area contributed by atoms with Crippen molar-refractivity contribution in [3.63, 3.8) is 0 Å². The van der Waals surface area contributed by atoms with E-state index in [0.717, 1.165) is 26.1 Å². The lowest BCUT2D eigenvalue weighted by atomic mass is 10.1. The van der Waals surface area contributed by atoms with E-state index in [0.29, 0.717) is 19.6 Å². The van der Waals surface area contributed by atoms with Gasteiger partial charge in [-0.3, -0.25) is 4.79 Å². The molecule has 1 fully saturated rings. The van der Waals surface area contributed by atoms with Crippen LogP contribution in [0.3, 0.4) is 0 Å². The zero-order chi connectivity index (χ0) is 17.5. The topological polar surface area (TPSA) is 41.6 Å². The van der Waals surface area contributed by atoms with Crippen LogP contribution in [0.4, 0.5) is 0 Å². The van der Waals surface area contributed by atoms with Gasteiger partial charge in [-0.2, -0.15) is 0 Å². The first-order valence-corrected chi connectivity index (χ1v) is 9.70. The summed E-state index contributed by atoms with van der Waals surface area (Å²) in [5, 5.41) is 3.38. The van der Waals surface area contributed by atoms with Gasteiger partial charge >= 0.3 is 0 Å². The van der Waals surface area contributed by atoms with Crippen molar-refractivity contribution in [3.05, 3.63) is 57.8 Å². The average Bonchev–Trinajstić information content (AvgIpc) is 3.05. The van der Waals surface area contributed by atoms with Crippen LogP contribution in [0.5, 0.6) is 0 Å². The summed E-state index contributed by atoms with van der Waals surface area (Å²) in [4.78, 5) is 17.4. The molecule has 0 bridgehead atoms. The molecule has 1 aliphatic rings. The van der Waals surface area contributed by atoms with Crippen molar-refractivity contribution in [1.82, 2.24) is 10.2 Å². The van der Waals surface area contributed by atoms with Crippen molar-refractivity contribution < 1.29 is 9.53 Å². The molecule has 0 radical (unpaired) electrons. The van der Waals surface area contributed by atoms with Gasteiger partial charge in [0.2, 0.25) is 5.91 Å². The van der Waals surface area contributed by atoms with Gasteiger partial charge in [0.05, 0.1) is 19.8 Å². The number of carbonyl (C=O) groups is 1. The summed E-state index contributed by atoms with van der Waals surface area (Å²) in [6.07, 6.45) is 1.38. The van der Waals surface area contributed by atoms with E-state index < -0.39 is 0 Å². The lowest BCUT2D eigenvalue weighted by Gasteiger charge is -2.27. The standard InChI is InChI=1S/C20H26N2O2S/c1-16-7-8-19(25-16)14-22(11-9-17-5-3-2-4-6-17)20(23)13-18-15-24-12-10-21-18/h2-8,18,21H,9-15H2,1H3. The fourth-order valence-corrected chi connectivity index (χ4v) is 3.96. The highest BCUT2D eigenvalue weighted by Crippen LogP contribution is 2.18. The van der Waals surface area contributed by atoms with E-state index in [4.69, 9.17) is 4.74 Å². The van der Waals surface area contributed by atoms with Crippen molar-refractivity contribution in [2.24, 2.45) is 0 Å². The largest absolute Gasteiger partial charge is 0.378 e. The molecule has 1 unspecified atom stereocenters. The summed E-state index contributed by atoms with van der Waals surface area (Å²) in [5.41, 5.74) is 1.27. The smallest absolute Gasteiger partial charge is 0.224 e. The molecule has 1 N–H and O–H groups in total. The van der Waals surface area contributed by atoms with Crippen molar-refractivity contribution in [2.75, 3.05) is 26.3 Å². The quantitative estimate of drug-likeness (QED) is 0.827. The molecule has 1 aromatic heterocycles. The molecule has 4 nitrogen and oxygen atoms in total. The number of hydrogen-bond donors (Lipinski definition) is 1. The van der Waals surface area contributed by atoms with Gasteiger partial charge in [0, 0.05) is 35.3 Å². The number of nitrogens with one attached hydrogen (secondary N) is 1. The first kappa shape index (κ1) is 18.1. The highest BCUT2D eigenvalue weighted by Gasteiger charge is 2.21. The summed E-state index contributed by atoms with van der Waals surface area (Å²) >= 11 is 1.77. The Balaban J connectivity index is 1.63. The van der Waals surface area contributed by atoms with Crippen LogP contribution in [0.2, 0.25) is 0 Å². The summed E-state index contributed by atoms with van der Waals surface area (Å²) in [6, 6.07) is 14.7. The Bertz CT molecular complexity index is 665. The van der Waals surface area contributed by atoms with Crippen LogP contribution in [0.15, 0.2) is 42.5 Å². The molecule has 3 rings (SSSR count). The van der Waals surface area contributed by atoms with E-state index in [-0.39, 0.29) is 11.9 Å². The van der Waals surface area contributed by atoms with Crippen molar-refractivity contribution in [1.29, 1.82) is 0 Å². The molecule has 0 spiro atoms. The van der Waals surface area contributed by atoms with Gasteiger partial charge in [-0.25, -0.2) is 0 Å². The Morgan fingerprint density at radius 1 is 1.28 bits per heavy atom. The summed E-state index contributed by atoms with van der Waals surface area (Å²) in [5.74, 6) is 0.199. The zero-order valence-electron chi connectivity index (χ0n) is 14.7. The molecule has 1 aliphatic heterocycles. The number of aryl methyl sites for hydroxylation is 1. The number of morpholine rings is 1. The van der Waals surface area contributed by atoms with E-state index in [2.05, 4.69) is 36.5 Å². The molecule has 1 atom stereocenters. The van der Waals surface area contributed by atoms with Gasteiger partial charge in [0.1, 0.15) is 0 Å². The second-order valence-electron chi connectivity index (χ2n) is 6.49. The maximum absolute atomic E-state index is 12.9. The van der Waals surface area contributed by atoms with Gasteiger partial charge in [-0.15, -0.1) is 11.3 Å². The molecule has 25 heavy (non-hydrogen) atoms.